The Bertz CT molecular complexity index is 1020. The lowest BCUT2D eigenvalue weighted by molar-refractivity contribution is 0.0602. The molecular weight excluding hydrogens is 370 g/mol. The molecule has 2 N–H and O–H groups in total. The first-order valence-corrected chi connectivity index (χ1v) is 8.93. The molecule has 148 valence electrons. The molecule has 1 aromatic heterocycles. The van der Waals surface area contributed by atoms with Crippen molar-refractivity contribution in [2.45, 2.75) is 6.54 Å². The van der Waals surface area contributed by atoms with Crippen LogP contribution in [0, 0.1) is 0 Å². The van der Waals surface area contributed by atoms with E-state index in [4.69, 9.17) is 9.47 Å². The minimum atomic E-state index is -0.519. The number of hydrogen-bond acceptors (Lipinski definition) is 6. The van der Waals surface area contributed by atoms with Crippen molar-refractivity contribution in [1.29, 1.82) is 0 Å². The first-order chi connectivity index (χ1) is 14.1. The predicted molar refractivity (Wildman–Crippen MR) is 110 cm³/mol. The highest BCUT2D eigenvalue weighted by atomic mass is 16.5. The van der Waals surface area contributed by atoms with Gasteiger partial charge in [0.05, 0.1) is 25.5 Å². The highest BCUT2D eigenvalue weighted by Crippen LogP contribution is 2.20. The predicted octanol–water partition coefficient (Wildman–Crippen LogP) is 3.74. The summed E-state index contributed by atoms with van der Waals surface area (Å²) in [4.78, 5) is 28.8. The van der Waals surface area contributed by atoms with Gasteiger partial charge in [0.1, 0.15) is 11.6 Å². The van der Waals surface area contributed by atoms with Crippen molar-refractivity contribution in [3.8, 4) is 5.75 Å². The van der Waals surface area contributed by atoms with Gasteiger partial charge in [-0.05, 0) is 30.3 Å². The van der Waals surface area contributed by atoms with Crippen LogP contribution in [0.4, 0.5) is 11.5 Å². The Kier molecular flexibility index (Phi) is 6.42. The molecule has 0 spiro atoms. The fourth-order valence-corrected chi connectivity index (χ4v) is 2.78. The zero-order valence-corrected chi connectivity index (χ0v) is 16.1. The van der Waals surface area contributed by atoms with E-state index in [1.807, 2.05) is 24.3 Å². The first kappa shape index (κ1) is 19.9. The highest BCUT2D eigenvalue weighted by Gasteiger charge is 2.14. The van der Waals surface area contributed by atoms with Gasteiger partial charge in [-0.1, -0.05) is 30.3 Å². The summed E-state index contributed by atoms with van der Waals surface area (Å²) < 4.78 is 10.1. The van der Waals surface area contributed by atoms with E-state index >= 15 is 0 Å². The molecule has 3 rings (SSSR count). The number of nitrogens with one attached hydrogen (secondary N) is 2. The van der Waals surface area contributed by atoms with Crippen LogP contribution in [0.5, 0.6) is 5.75 Å². The molecule has 29 heavy (non-hydrogen) atoms. The van der Waals surface area contributed by atoms with Crippen molar-refractivity contribution in [2.24, 2.45) is 0 Å². The third-order valence-corrected chi connectivity index (χ3v) is 4.26. The Hall–Kier alpha value is -3.87. The molecule has 1 heterocycles. The molecule has 0 saturated heterocycles. The lowest BCUT2D eigenvalue weighted by atomic mass is 10.1. The van der Waals surface area contributed by atoms with Crippen LogP contribution in [-0.4, -0.2) is 31.1 Å². The van der Waals surface area contributed by atoms with Gasteiger partial charge >= 0.3 is 5.97 Å². The smallest absolute Gasteiger partial charge is 0.339 e. The zero-order valence-electron chi connectivity index (χ0n) is 16.1. The molecule has 2 aromatic carbocycles. The van der Waals surface area contributed by atoms with E-state index in [1.54, 1.807) is 49.7 Å². The summed E-state index contributed by atoms with van der Waals surface area (Å²) in [5.41, 5.74) is 2.04. The van der Waals surface area contributed by atoms with Crippen molar-refractivity contribution < 1.29 is 19.1 Å². The monoisotopic (exact) mass is 391 g/mol. The van der Waals surface area contributed by atoms with Crippen molar-refractivity contribution >= 4 is 23.4 Å². The van der Waals surface area contributed by atoms with E-state index in [2.05, 4.69) is 15.6 Å². The lowest BCUT2D eigenvalue weighted by Gasteiger charge is -2.12. The number of methoxy groups -OCH3 is 2. The molecule has 0 atom stereocenters. The first-order valence-electron chi connectivity index (χ1n) is 8.93. The number of para-hydroxylation sites is 2. The summed E-state index contributed by atoms with van der Waals surface area (Å²) >= 11 is 0. The van der Waals surface area contributed by atoms with E-state index in [0.29, 0.717) is 23.6 Å². The molecule has 7 nitrogen and oxygen atoms in total. The number of carbonyl (C=O) groups excluding carboxylic acids is 2. The summed E-state index contributed by atoms with van der Waals surface area (Å²) in [7, 11) is 2.91. The van der Waals surface area contributed by atoms with E-state index in [-0.39, 0.29) is 11.5 Å². The van der Waals surface area contributed by atoms with Crippen LogP contribution in [0.3, 0.4) is 0 Å². The summed E-state index contributed by atoms with van der Waals surface area (Å²) in [6.07, 6.45) is 1.55. The molecular formula is C22H21N3O4. The second-order valence-electron chi connectivity index (χ2n) is 6.09. The molecule has 0 saturated carbocycles. The van der Waals surface area contributed by atoms with Crippen LogP contribution in [-0.2, 0) is 11.3 Å². The van der Waals surface area contributed by atoms with Gasteiger partial charge in [-0.15, -0.1) is 0 Å². The average Bonchev–Trinajstić information content (AvgIpc) is 2.77. The van der Waals surface area contributed by atoms with Crippen LogP contribution in [0.2, 0.25) is 0 Å². The summed E-state index contributed by atoms with van der Waals surface area (Å²) in [5.74, 6) is 0.442. The van der Waals surface area contributed by atoms with Gasteiger partial charge in [0.25, 0.3) is 5.91 Å². The van der Waals surface area contributed by atoms with E-state index in [0.717, 1.165) is 11.3 Å². The molecule has 0 aliphatic carbocycles. The largest absolute Gasteiger partial charge is 0.496 e. The molecule has 3 aromatic rings. The molecule has 1 amide bonds. The van der Waals surface area contributed by atoms with E-state index in [1.165, 1.54) is 7.11 Å². The Labute approximate surface area is 168 Å². The van der Waals surface area contributed by atoms with Crippen molar-refractivity contribution in [1.82, 2.24) is 4.98 Å². The Balaban J connectivity index is 1.73. The van der Waals surface area contributed by atoms with E-state index in [9.17, 15) is 9.59 Å². The number of nitrogens with zero attached hydrogens (tertiary/aromatic N) is 1. The maximum atomic E-state index is 12.7. The van der Waals surface area contributed by atoms with Gasteiger partial charge in [-0.3, -0.25) is 4.79 Å². The standard InChI is InChI=1S/C22H21N3O4/c1-28-19-10-6-3-7-16(19)14-24-20-13-15(11-12-23-20)21(26)25-18-9-5-4-8-17(18)22(27)29-2/h3-13H,14H2,1-2H3,(H,23,24)(H,25,26). The number of carbonyl (C=O) groups is 2. The number of ether oxygens (including phenoxy) is 2. The van der Waals surface area contributed by atoms with Gasteiger partial charge in [0.15, 0.2) is 0 Å². The molecule has 0 unspecified atom stereocenters. The van der Waals surface area contributed by atoms with Gasteiger partial charge in [-0.25, -0.2) is 9.78 Å². The third-order valence-electron chi connectivity index (χ3n) is 4.26. The van der Waals surface area contributed by atoms with Crippen molar-refractivity contribution in [2.75, 3.05) is 24.9 Å². The van der Waals surface area contributed by atoms with Crippen LogP contribution >= 0.6 is 0 Å². The number of anilines is 2. The summed E-state index contributed by atoms with van der Waals surface area (Å²) in [5, 5.41) is 5.93. The number of aromatic nitrogens is 1. The molecule has 0 fully saturated rings. The lowest BCUT2D eigenvalue weighted by Crippen LogP contribution is -2.16. The minimum absolute atomic E-state index is 0.284. The molecule has 0 aliphatic rings. The fourth-order valence-electron chi connectivity index (χ4n) is 2.78. The molecule has 0 aliphatic heterocycles. The Morgan fingerprint density at radius 3 is 2.55 bits per heavy atom. The average molecular weight is 391 g/mol. The maximum absolute atomic E-state index is 12.7. The fraction of sp³-hybridized carbons (Fsp3) is 0.136. The van der Waals surface area contributed by atoms with Crippen molar-refractivity contribution in [3.63, 3.8) is 0 Å². The maximum Gasteiger partial charge on any atom is 0.339 e. The minimum Gasteiger partial charge on any atom is -0.496 e. The Morgan fingerprint density at radius 2 is 1.76 bits per heavy atom. The normalized spacial score (nSPS) is 10.1. The summed E-state index contributed by atoms with van der Waals surface area (Å²) in [6, 6.07) is 17.6. The highest BCUT2D eigenvalue weighted by molar-refractivity contribution is 6.08. The second kappa shape index (κ2) is 9.36. The topological polar surface area (TPSA) is 89.5 Å². The Morgan fingerprint density at radius 1 is 1.00 bits per heavy atom. The SMILES string of the molecule is COC(=O)c1ccccc1NC(=O)c1ccnc(NCc2ccccc2OC)c1. The van der Waals surface area contributed by atoms with Gasteiger partial charge < -0.3 is 20.1 Å². The molecule has 0 bridgehead atoms. The van der Waals surface area contributed by atoms with Gasteiger partial charge in [0.2, 0.25) is 0 Å². The quantitative estimate of drug-likeness (QED) is 0.597. The molecule has 0 radical (unpaired) electrons. The number of benzene rings is 2. The number of hydrogen-bond donors (Lipinski definition) is 2. The number of amides is 1. The van der Waals surface area contributed by atoms with Crippen LogP contribution in [0.1, 0.15) is 26.3 Å². The summed E-state index contributed by atoms with van der Waals surface area (Å²) in [6.45, 7) is 0.493. The number of rotatable bonds is 7. The van der Waals surface area contributed by atoms with Crippen LogP contribution in [0.15, 0.2) is 66.9 Å². The molecule has 7 heteroatoms. The third kappa shape index (κ3) is 4.90. The van der Waals surface area contributed by atoms with Gasteiger partial charge in [-0.2, -0.15) is 0 Å². The number of pyridine rings is 1. The van der Waals surface area contributed by atoms with Crippen molar-refractivity contribution in [3.05, 3.63) is 83.6 Å². The zero-order chi connectivity index (χ0) is 20.6. The number of esters is 1. The van der Waals surface area contributed by atoms with Crippen LogP contribution in [0.25, 0.3) is 0 Å². The second-order valence-corrected chi connectivity index (χ2v) is 6.09. The van der Waals surface area contributed by atoms with E-state index < -0.39 is 5.97 Å². The van der Waals surface area contributed by atoms with Crippen LogP contribution < -0.4 is 15.4 Å². The van der Waals surface area contributed by atoms with Gasteiger partial charge in [0, 0.05) is 23.9 Å².